The zero-order valence-electron chi connectivity index (χ0n) is 7.02. The number of pyridine rings is 1. The number of nitrogens with one attached hydrogen (secondary N) is 1. The fourth-order valence-corrected chi connectivity index (χ4v) is 0.779. The minimum Gasteiger partial charge on any atom is -0.390 e. The molecule has 0 aromatic carbocycles. The lowest BCUT2D eigenvalue weighted by Crippen LogP contribution is -2.18. The SMILES string of the molecule is N#Cc1ccc(NN)nc1OC(N)=O. The van der Waals surface area contributed by atoms with Crippen molar-refractivity contribution in [3.05, 3.63) is 17.7 Å². The summed E-state index contributed by atoms with van der Waals surface area (Å²) in [5.41, 5.74) is 7.12. The van der Waals surface area contributed by atoms with Gasteiger partial charge >= 0.3 is 6.09 Å². The zero-order chi connectivity index (χ0) is 10.6. The van der Waals surface area contributed by atoms with Gasteiger partial charge in [-0.15, -0.1) is 0 Å². The first kappa shape index (κ1) is 9.76. The normalized spacial score (nSPS) is 8.86. The summed E-state index contributed by atoms with van der Waals surface area (Å²) in [7, 11) is 0. The Labute approximate surface area is 79.2 Å². The van der Waals surface area contributed by atoms with Crippen LogP contribution in [0.2, 0.25) is 0 Å². The van der Waals surface area contributed by atoms with Crippen LogP contribution in [-0.4, -0.2) is 11.1 Å². The van der Waals surface area contributed by atoms with Gasteiger partial charge in [-0.25, -0.2) is 10.6 Å². The Kier molecular flexibility index (Phi) is 2.83. The van der Waals surface area contributed by atoms with E-state index in [1.807, 2.05) is 0 Å². The van der Waals surface area contributed by atoms with E-state index in [1.54, 1.807) is 6.07 Å². The number of hydrazine groups is 1. The third-order valence-electron chi connectivity index (χ3n) is 1.33. The van der Waals surface area contributed by atoms with E-state index in [-0.39, 0.29) is 17.3 Å². The van der Waals surface area contributed by atoms with Crippen LogP contribution in [0.25, 0.3) is 0 Å². The second-order valence-corrected chi connectivity index (χ2v) is 2.23. The molecule has 0 aliphatic rings. The van der Waals surface area contributed by atoms with Crippen molar-refractivity contribution in [3.63, 3.8) is 0 Å². The Hall–Kier alpha value is -2.33. The van der Waals surface area contributed by atoms with Crippen molar-refractivity contribution in [2.75, 3.05) is 5.43 Å². The largest absolute Gasteiger partial charge is 0.411 e. The summed E-state index contributed by atoms with van der Waals surface area (Å²) < 4.78 is 4.49. The minimum atomic E-state index is -1.04. The van der Waals surface area contributed by atoms with Gasteiger partial charge < -0.3 is 15.9 Å². The van der Waals surface area contributed by atoms with Crippen molar-refractivity contribution >= 4 is 11.9 Å². The highest BCUT2D eigenvalue weighted by Gasteiger charge is 2.08. The molecular formula is C7H7N5O2. The molecule has 0 spiro atoms. The van der Waals surface area contributed by atoms with Crippen LogP contribution in [0.3, 0.4) is 0 Å². The van der Waals surface area contributed by atoms with Gasteiger partial charge in [0.05, 0.1) is 0 Å². The topological polar surface area (TPSA) is 127 Å². The molecular weight excluding hydrogens is 186 g/mol. The van der Waals surface area contributed by atoms with Gasteiger partial charge in [0.1, 0.15) is 17.5 Å². The van der Waals surface area contributed by atoms with Crippen molar-refractivity contribution in [2.45, 2.75) is 0 Å². The van der Waals surface area contributed by atoms with Gasteiger partial charge in [0.2, 0.25) is 5.88 Å². The maximum atomic E-state index is 10.4. The molecule has 72 valence electrons. The maximum Gasteiger partial charge on any atom is 0.411 e. The van der Waals surface area contributed by atoms with Crippen molar-refractivity contribution in [1.82, 2.24) is 4.98 Å². The Morgan fingerprint density at radius 3 is 2.86 bits per heavy atom. The van der Waals surface area contributed by atoms with Crippen LogP contribution in [0.1, 0.15) is 5.56 Å². The average molecular weight is 193 g/mol. The van der Waals surface area contributed by atoms with Gasteiger partial charge in [-0.1, -0.05) is 0 Å². The predicted molar refractivity (Wildman–Crippen MR) is 47.0 cm³/mol. The summed E-state index contributed by atoms with van der Waals surface area (Å²) >= 11 is 0. The fraction of sp³-hybridized carbons (Fsp3) is 0. The van der Waals surface area contributed by atoms with Gasteiger partial charge in [-0.05, 0) is 12.1 Å². The number of carbonyl (C=O) groups excluding carboxylic acids is 1. The van der Waals surface area contributed by atoms with E-state index in [0.29, 0.717) is 0 Å². The number of amides is 1. The molecule has 0 fully saturated rings. The highest BCUT2D eigenvalue weighted by molar-refractivity contribution is 5.68. The summed E-state index contributed by atoms with van der Waals surface area (Å²) in [4.78, 5) is 14.2. The molecule has 1 rings (SSSR count). The lowest BCUT2D eigenvalue weighted by Gasteiger charge is -2.04. The Bertz CT molecular complexity index is 398. The molecule has 5 N–H and O–H groups in total. The zero-order valence-corrected chi connectivity index (χ0v) is 7.02. The van der Waals surface area contributed by atoms with Gasteiger partial charge in [-0.3, -0.25) is 0 Å². The first-order valence-corrected chi connectivity index (χ1v) is 3.52. The third-order valence-corrected chi connectivity index (χ3v) is 1.33. The van der Waals surface area contributed by atoms with Gasteiger partial charge in [0, 0.05) is 0 Å². The quantitative estimate of drug-likeness (QED) is 0.437. The smallest absolute Gasteiger partial charge is 0.390 e. The minimum absolute atomic E-state index is 0.0998. The summed E-state index contributed by atoms with van der Waals surface area (Å²) in [5, 5.41) is 8.62. The van der Waals surface area contributed by atoms with Gasteiger partial charge in [0.25, 0.3) is 0 Å². The van der Waals surface area contributed by atoms with Crippen molar-refractivity contribution in [2.24, 2.45) is 11.6 Å². The molecule has 1 heterocycles. The van der Waals surface area contributed by atoms with Gasteiger partial charge in [-0.2, -0.15) is 10.2 Å². The number of primary amides is 1. The lowest BCUT2D eigenvalue weighted by atomic mass is 10.3. The fourth-order valence-electron chi connectivity index (χ4n) is 0.779. The molecule has 0 bridgehead atoms. The molecule has 0 unspecified atom stereocenters. The van der Waals surface area contributed by atoms with E-state index >= 15 is 0 Å². The Morgan fingerprint density at radius 2 is 2.36 bits per heavy atom. The van der Waals surface area contributed by atoms with E-state index in [2.05, 4.69) is 15.1 Å². The highest BCUT2D eigenvalue weighted by atomic mass is 16.6. The summed E-state index contributed by atoms with van der Waals surface area (Å²) in [6.45, 7) is 0. The van der Waals surface area contributed by atoms with Crippen molar-refractivity contribution in [1.29, 1.82) is 5.26 Å². The number of hydrogen-bond acceptors (Lipinski definition) is 6. The van der Waals surface area contributed by atoms with Crippen LogP contribution in [0.5, 0.6) is 5.88 Å². The second-order valence-electron chi connectivity index (χ2n) is 2.23. The number of nitrogens with two attached hydrogens (primary N) is 2. The monoisotopic (exact) mass is 193 g/mol. The van der Waals surface area contributed by atoms with Crippen LogP contribution in [-0.2, 0) is 0 Å². The molecule has 0 saturated carbocycles. The maximum absolute atomic E-state index is 10.4. The first-order chi connectivity index (χ1) is 6.67. The van der Waals surface area contributed by atoms with Crippen LogP contribution in [0.4, 0.5) is 10.6 Å². The van der Waals surface area contributed by atoms with Crippen molar-refractivity contribution in [3.8, 4) is 11.9 Å². The standard InChI is InChI=1S/C7H7N5O2/c8-3-4-1-2-5(12-10)11-6(4)14-7(9)13/h1-2H,10H2,(H2,9,13)(H,11,12). The van der Waals surface area contributed by atoms with Gasteiger partial charge in [0.15, 0.2) is 0 Å². The Balaban J connectivity index is 3.09. The summed E-state index contributed by atoms with van der Waals surface area (Å²) in [6, 6.07) is 4.66. The van der Waals surface area contributed by atoms with Crippen LogP contribution in [0, 0.1) is 11.3 Å². The number of aromatic nitrogens is 1. The molecule has 7 heteroatoms. The third kappa shape index (κ3) is 2.09. The van der Waals surface area contributed by atoms with Crippen LogP contribution in [0.15, 0.2) is 12.1 Å². The molecule has 0 radical (unpaired) electrons. The molecule has 1 aromatic rings. The molecule has 1 amide bonds. The molecule has 14 heavy (non-hydrogen) atoms. The number of nitrogens with zero attached hydrogens (tertiary/aromatic N) is 2. The molecule has 0 aliphatic carbocycles. The average Bonchev–Trinajstić information content (AvgIpc) is 2.16. The molecule has 0 atom stereocenters. The van der Waals surface area contributed by atoms with Crippen molar-refractivity contribution < 1.29 is 9.53 Å². The number of rotatable bonds is 2. The number of nitriles is 1. The van der Waals surface area contributed by atoms with E-state index in [0.717, 1.165) is 0 Å². The molecule has 0 aliphatic heterocycles. The van der Waals surface area contributed by atoms with E-state index in [9.17, 15) is 4.79 Å². The Morgan fingerprint density at radius 1 is 1.64 bits per heavy atom. The number of ether oxygens (including phenoxy) is 1. The highest BCUT2D eigenvalue weighted by Crippen LogP contribution is 2.16. The molecule has 0 saturated heterocycles. The molecule has 1 aromatic heterocycles. The van der Waals surface area contributed by atoms with E-state index in [4.69, 9.17) is 16.8 Å². The summed E-state index contributed by atoms with van der Waals surface area (Å²) in [6.07, 6.45) is -1.04. The number of anilines is 1. The number of hydrogen-bond donors (Lipinski definition) is 3. The lowest BCUT2D eigenvalue weighted by molar-refractivity contribution is 0.209. The first-order valence-electron chi connectivity index (χ1n) is 3.52. The predicted octanol–water partition coefficient (Wildman–Crippen LogP) is -0.304. The van der Waals surface area contributed by atoms with E-state index < -0.39 is 6.09 Å². The van der Waals surface area contributed by atoms with Crippen LogP contribution >= 0.6 is 0 Å². The van der Waals surface area contributed by atoms with Crippen LogP contribution < -0.4 is 21.7 Å². The number of nitrogen functional groups attached to an aromatic ring is 1. The number of carbonyl (C=O) groups is 1. The van der Waals surface area contributed by atoms with E-state index in [1.165, 1.54) is 12.1 Å². The molecule has 7 nitrogen and oxygen atoms in total. The second kappa shape index (κ2) is 4.06. The summed E-state index contributed by atoms with van der Waals surface area (Å²) in [5.74, 6) is 5.17.